The number of rotatable bonds is 1. The molecule has 0 fully saturated rings. The molecule has 0 heterocycles. The first-order valence-electron chi connectivity index (χ1n) is 2.87. The van der Waals surface area contributed by atoms with E-state index in [2.05, 4.69) is 6.07 Å². The van der Waals surface area contributed by atoms with E-state index in [1.807, 2.05) is 31.2 Å². The Hall–Kier alpha value is -0.352. The van der Waals surface area contributed by atoms with Gasteiger partial charge in [-0.05, 0) is 0 Å². The summed E-state index contributed by atoms with van der Waals surface area (Å²) in [6.45, 7) is 7.37. The van der Waals surface area contributed by atoms with E-state index in [0.29, 0.717) is 0 Å². The van der Waals surface area contributed by atoms with E-state index in [9.17, 15) is 0 Å². The molecule has 0 saturated heterocycles. The van der Waals surface area contributed by atoms with Crippen molar-refractivity contribution in [3.8, 4) is 0 Å². The minimum Gasteiger partial charge on any atom is -0.341 e. The van der Waals surface area contributed by atoms with Crippen LogP contribution in [0.5, 0.6) is 0 Å². The molecule has 0 aliphatic carbocycles. The summed E-state index contributed by atoms with van der Waals surface area (Å²) >= 11 is 0. The minimum absolute atomic E-state index is 0. The second kappa shape index (κ2) is 4.46. The van der Waals surface area contributed by atoms with Crippen LogP contribution in [0.4, 0.5) is 0 Å². The van der Waals surface area contributed by atoms with Crippen molar-refractivity contribution in [3.63, 3.8) is 0 Å². The molecular weight excluding hydrogens is 292 g/mol. The maximum atomic E-state index is 5.50. The SMILES string of the molecule is [CH-]=C(C)c1[c-]cccc1.[W+2]. The zero-order chi connectivity index (χ0) is 6.69. The van der Waals surface area contributed by atoms with Crippen molar-refractivity contribution in [3.05, 3.63) is 42.5 Å². The zero-order valence-electron chi connectivity index (χ0n) is 5.79. The average molecular weight is 300 g/mol. The normalized spacial score (nSPS) is 8.10. The molecule has 0 bridgehead atoms. The van der Waals surface area contributed by atoms with Crippen molar-refractivity contribution in [1.29, 1.82) is 0 Å². The first kappa shape index (κ1) is 9.65. The number of allylic oxidation sites excluding steroid dienone is 1. The van der Waals surface area contributed by atoms with Gasteiger partial charge in [0, 0.05) is 0 Å². The van der Waals surface area contributed by atoms with Gasteiger partial charge >= 0.3 is 21.1 Å². The van der Waals surface area contributed by atoms with E-state index in [1.54, 1.807) is 0 Å². The van der Waals surface area contributed by atoms with E-state index in [0.717, 1.165) is 11.1 Å². The molecule has 0 aliphatic rings. The van der Waals surface area contributed by atoms with Crippen molar-refractivity contribution < 1.29 is 21.1 Å². The third-order valence-corrected chi connectivity index (χ3v) is 1.13. The smallest absolute Gasteiger partial charge is 0.341 e. The molecule has 0 amide bonds. The summed E-state index contributed by atoms with van der Waals surface area (Å²) in [7, 11) is 0. The van der Waals surface area contributed by atoms with Gasteiger partial charge in [0.25, 0.3) is 0 Å². The molecule has 0 spiro atoms. The predicted molar refractivity (Wildman–Crippen MR) is 38.7 cm³/mol. The van der Waals surface area contributed by atoms with Crippen molar-refractivity contribution in [2.75, 3.05) is 0 Å². The Balaban J connectivity index is 0.000000810. The molecule has 50 valence electrons. The van der Waals surface area contributed by atoms with Crippen molar-refractivity contribution in [2.45, 2.75) is 6.92 Å². The molecule has 1 aromatic rings. The molecule has 0 aromatic heterocycles. The Morgan fingerprint density at radius 3 is 2.50 bits per heavy atom. The Morgan fingerprint density at radius 2 is 2.20 bits per heavy atom. The fourth-order valence-corrected chi connectivity index (χ4v) is 0.639. The standard InChI is InChI=1S/C9H8.W/c1-8(2)9-6-4-3-5-7-9;/h1,3-6H,2H3;/q-2;+2. The van der Waals surface area contributed by atoms with Gasteiger partial charge in [0.1, 0.15) is 0 Å². The third-order valence-electron chi connectivity index (χ3n) is 1.13. The first-order valence-corrected chi connectivity index (χ1v) is 2.87. The number of hydrogen-bond acceptors (Lipinski definition) is 0. The second-order valence-electron chi connectivity index (χ2n) is 1.96. The van der Waals surface area contributed by atoms with Crippen LogP contribution in [-0.4, -0.2) is 0 Å². The molecule has 1 rings (SSSR count). The summed E-state index contributed by atoms with van der Waals surface area (Å²) in [4.78, 5) is 0. The fraction of sp³-hybridized carbons (Fsp3) is 0.111. The van der Waals surface area contributed by atoms with Gasteiger partial charge in [-0.1, -0.05) is 0 Å². The first-order chi connectivity index (χ1) is 4.30. The summed E-state index contributed by atoms with van der Waals surface area (Å²) < 4.78 is 0. The van der Waals surface area contributed by atoms with Gasteiger partial charge in [0.15, 0.2) is 0 Å². The van der Waals surface area contributed by atoms with E-state index in [1.165, 1.54) is 0 Å². The molecule has 10 heavy (non-hydrogen) atoms. The second-order valence-corrected chi connectivity index (χ2v) is 1.96. The van der Waals surface area contributed by atoms with E-state index in [4.69, 9.17) is 6.58 Å². The van der Waals surface area contributed by atoms with Gasteiger partial charge in [0.2, 0.25) is 0 Å². The summed E-state index contributed by atoms with van der Waals surface area (Å²) in [5.41, 5.74) is 1.80. The Labute approximate surface area is 76.2 Å². The van der Waals surface area contributed by atoms with Gasteiger partial charge in [0.05, 0.1) is 0 Å². The van der Waals surface area contributed by atoms with Crippen LogP contribution >= 0.6 is 0 Å². The van der Waals surface area contributed by atoms with Crippen LogP contribution in [0.25, 0.3) is 5.57 Å². The van der Waals surface area contributed by atoms with Gasteiger partial charge < -0.3 is 17.7 Å². The van der Waals surface area contributed by atoms with Crippen molar-refractivity contribution in [1.82, 2.24) is 0 Å². The summed E-state index contributed by atoms with van der Waals surface area (Å²) in [6, 6.07) is 10.7. The van der Waals surface area contributed by atoms with Crippen LogP contribution in [0.15, 0.2) is 24.3 Å². The summed E-state index contributed by atoms with van der Waals surface area (Å²) in [5, 5.41) is 0. The molecule has 0 saturated carbocycles. The minimum atomic E-state index is 0. The van der Waals surface area contributed by atoms with Crippen LogP contribution in [0.3, 0.4) is 0 Å². The van der Waals surface area contributed by atoms with Gasteiger partial charge in [-0.3, -0.25) is 0 Å². The molecule has 0 aliphatic heterocycles. The Morgan fingerprint density at radius 1 is 1.50 bits per heavy atom. The van der Waals surface area contributed by atoms with E-state index >= 15 is 0 Å². The molecular formula is C9H8W. The molecule has 0 radical (unpaired) electrons. The third kappa shape index (κ3) is 2.49. The maximum Gasteiger partial charge on any atom is 2.00 e. The topological polar surface area (TPSA) is 0 Å². The maximum absolute atomic E-state index is 5.50. The molecule has 0 atom stereocenters. The Kier molecular flexibility index (Phi) is 4.30. The summed E-state index contributed by atoms with van der Waals surface area (Å²) in [6.07, 6.45) is 0. The molecule has 1 aromatic carbocycles. The fourth-order valence-electron chi connectivity index (χ4n) is 0.639. The summed E-state index contributed by atoms with van der Waals surface area (Å²) in [5.74, 6) is 0. The van der Waals surface area contributed by atoms with Gasteiger partial charge in [-0.2, -0.15) is 12.1 Å². The molecule has 0 N–H and O–H groups in total. The molecule has 0 nitrogen and oxygen atoms in total. The van der Waals surface area contributed by atoms with Crippen LogP contribution in [0, 0.1) is 12.6 Å². The van der Waals surface area contributed by atoms with Crippen molar-refractivity contribution >= 4 is 5.57 Å². The Bertz CT molecular complexity index is 201. The number of hydrogen-bond donors (Lipinski definition) is 0. The van der Waals surface area contributed by atoms with Crippen LogP contribution in [0.2, 0.25) is 0 Å². The average Bonchev–Trinajstić information content (AvgIpc) is 1.90. The largest absolute Gasteiger partial charge is 2.00 e. The molecule has 0 unspecified atom stereocenters. The van der Waals surface area contributed by atoms with Crippen molar-refractivity contribution in [2.24, 2.45) is 0 Å². The van der Waals surface area contributed by atoms with Crippen LogP contribution < -0.4 is 0 Å². The quantitative estimate of drug-likeness (QED) is 0.698. The number of benzene rings is 1. The zero-order valence-corrected chi connectivity index (χ0v) is 8.73. The van der Waals surface area contributed by atoms with Gasteiger partial charge in [-0.25, -0.2) is 12.1 Å². The monoisotopic (exact) mass is 300 g/mol. The van der Waals surface area contributed by atoms with Crippen LogP contribution in [0.1, 0.15) is 12.5 Å². The van der Waals surface area contributed by atoms with E-state index < -0.39 is 0 Å². The van der Waals surface area contributed by atoms with Gasteiger partial charge in [-0.15, -0.1) is 13.0 Å². The predicted octanol–water partition coefficient (Wildman–Crippen LogP) is 2.32. The van der Waals surface area contributed by atoms with Crippen LogP contribution in [-0.2, 0) is 21.1 Å². The van der Waals surface area contributed by atoms with E-state index in [-0.39, 0.29) is 21.1 Å². The molecule has 1 heteroatoms.